The fraction of sp³-hybridized carbons (Fsp3) is 0.700. The predicted octanol–water partition coefficient (Wildman–Crippen LogP) is 3.89. The van der Waals surface area contributed by atoms with Crippen LogP contribution in [0, 0.1) is 5.92 Å². The Hall–Kier alpha value is 0.110. The number of thiazole rings is 1. The highest BCUT2D eigenvalue weighted by Gasteiger charge is 2.08. The van der Waals surface area contributed by atoms with Crippen molar-refractivity contribution in [3.8, 4) is 0 Å². The summed E-state index contributed by atoms with van der Waals surface area (Å²) in [7, 11) is 0. The summed E-state index contributed by atoms with van der Waals surface area (Å²) in [4.78, 5) is 6.13. The smallest absolute Gasteiger partial charge is 0.0794 e. The average Bonchev–Trinajstić information content (AvgIpc) is 2.56. The van der Waals surface area contributed by atoms with E-state index in [1.165, 1.54) is 24.1 Å². The minimum Gasteiger partial charge on any atom is -0.253 e. The maximum Gasteiger partial charge on any atom is 0.0794 e. The quantitative estimate of drug-likeness (QED) is 0.734. The highest BCUT2D eigenvalue weighted by molar-refractivity contribution is 9.09. The molecule has 0 aromatic carbocycles. The van der Waals surface area contributed by atoms with Crippen molar-refractivity contribution < 1.29 is 0 Å². The first-order chi connectivity index (χ1) is 6.20. The topological polar surface area (TPSA) is 12.9 Å². The molecule has 1 aromatic heterocycles. The van der Waals surface area contributed by atoms with E-state index in [9.17, 15) is 0 Å². The number of hydrogen-bond acceptors (Lipinski definition) is 2. The van der Waals surface area contributed by atoms with Crippen molar-refractivity contribution in [1.29, 1.82) is 0 Å². The van der Waals surface area contributed by atoms with Gasteiger partial charge in [-0.05, 0) is 25.2 Å². The van der Waals surface area contributed by atoms with Crippen LogP contribution in [0.1, 0.15) is 31.6 Å². The van der Waals surface area contributed by atoms with Crippen molar-refractivity contribution in [2.75, 3.05) is 0 Å². The number of aryl methyl sites for hydroxylation is 1. The lowest BCUT2D eigenvalue weighted by Crippen LogP contribution is -2.06. The molecular weight excluding hydrogens is 246 g/mol. The minimum atomic E-state index is 0.667. The average molecular weight is 262 g/mol. The molecule has 1 aromatic rings. The molecule has 1 heterocycles. The Morgan fingerprint density at radius 3 is 2.85 bits per heavy atom. The normalized spacial score (nSPS) is 13.5. The number of aromatic nitrogens is 1. The lowest BCUT2D eigenvalue weighted by Gasteiger charge is -2.12. The Bertz CT molecular complexity index is 221. The Labute approximate surface area is 92.7 Å². The molecule has 0 aliphatic carbocycles. The van der Waals surface area contributed by atoms with Gasteiger partial charge in [0.1, 0.15) is 0 Å². The monoisotopic (exact) mass is 261 g/mol. The van der Waals surface area contributed by atoms with E-state index in [2.05, 4.69) is 34.8 Å². The highest BCUT2D eigenvalue weighted by Crippen LogP contribution is 2.19. The molecule has 13 heavy (non-hydrogen) atoms. The maximum absolute atomic E-state index is 4.06. The van der Waals surface area contributed by atoms with Gasteiger partial charge in [0.25, 0.3) is 0 Å². The number of rotatable bonds is 5. The van der Waals surface area contributed by atoms with Gasteiger partial charge in [-0.1, -0.05) is 29.8 Å². The molecule has 0 saturated carbocycles. The minimum absolute atomic E-state index is 0.667. The molecule has 1 nitrogen and oxygen atoms in total. The van der Waals surface area contributed by atoms with Gasteiger partial charge in [-0.2, -0.15) is 0 Å². The maximum atomic E-state index is 4.06. The predicted molar refractivity (Wildman–Crippen MR) is 62.6 cm³/mol. The number of hydrogen-bond donors (Lipinski definition) is 0. The summed E-state index contributed by atoms with van der Waals surface area (Å²) in [5, 5.41) is 0. The van der Waals surface area contributed by atoms with Crippen molar-refractivity contribution in [2.45, 2.75) is 37.9 Å². The van der Waals surface area contributed by atoms with Crippen LogP contribution >= 0.6 is 27.3 Å². The standard InChI is InChI=1S/C10H16BrNS/c1-8(2)10(11)5-3-4-9-6-12-7-13-9/h6-8,10H,3-5H2,1-2H3. The van der Waals surface area contributed by atoms with Crippen molar-refractivity contribution in [2.24, 2.45) is 5.92 Å². The van der Waals surface area contributed by atoms with Gasteiger partial charge in [0.15, 0.2) is 0 Å². The van der Waals surface area contributed by atoms with Crippen molar-refractivity contribution in [3.63, 3.8) is 0 Å². The molecule has 1 unspecified atom stereocenters. The summed E-state index contributed by atoms with van der Waals surface area (Å²) in [5.74, 6) is 0.737. The molecule has 0 fully saturated rings. The molecule has 3 heteroatoms. The second-order valence-electron chi connectivity index (χ2n) is 3.62. The molecular formula is C10H16BrNS. The molecule has 0 N–H and O–H groups in total. The van der Waals surface area contributed by atoms with Gasteiger partial charge >= 0.3 is 0 Å². The van der Waals surface area contributed by atoms with E-state index in [1.807, 2.05) is 11.7 Å². The van der Waals surface area contributed by atoms with Crippen LogP contribution in [-0.2, 0) is 6.42 Å². The van der Waals surface area contributed by atoms with Crippen LogP contribution in [0.3, 0.4) is 0 Å². The lowest BCUT2D eigenvalue weighted by atomic mass is 10.1. The molecule has 74 valence electrons. The van der Waals surface area contributed by atoms with Gasteiger partial charge in [0, 0.05) is 15.9 Å². The fourth-order valence-electron chi connectivity index (χ4n) is 1.17. The second kappa shape index (κ2) is 5.76. The zero-order chi connectivity index (χ0) is 9.68. The van der Waals surface area contributed by atoms with Crippen LogP contribution in [0.5, 0.6) is 0 Å². The second-order valence-corrected chi connectivity index (χ2v) is 5.77. The third-order valence-electron chi connectivity index (χ3n) is 2.11. The van der Waals surface area contributed by atoms with Crippen LogP contribution in [0.2, 0.25) is 0 Å². The zero-order valence-electron chi connectivity index (χ0n) is 8.16. The summed E-state index contributed by atoms with van der Waals surface area (Å²) in [6, 6.07) is 0. The van der Waals surface area contributed by atoms with Gasteiger partial charge in [-0.3, -0.25) is 4.98 Å². The van der Waals surface area contributed by atoms with Gasteiger partial charge in [-0.25, -0.2) is 0 Å². The summed E-state index contributed by atoms with van der Waals surface area (Å²) >= 11 is 5.45. The molecule has 0 bridgehead atoms. The van der Waals surface area contributed by atoms with Gasteiger partial charge < -0.3 is 0 Å². The van der Waals surface area contributed by atoms with Crippen LogP contribution in [0.25, 0.3) is 0 Å². The molecule has 0 saturated heterocycles. The van der Waals surface area contributed by atoms with Crippen LogP contribution in [-0.4, -0.2) is 9.81 Å². The Balaban J connectivity index is 2.14. The third-order valence-corrected chi connectivity index (χ3v) is 4.46. The van der Waals surface area contributed by atoms with Gasteiger partial charge in [-0.15, -0.1) is 11.3 Å². The SMILES string of the molecule is CC(C)C(Br)CCCc1cncs1. The zero-order valence-corrected chi connectivity index (χ0v) is 10.6. The molecule has 0 radical (unpaired) electrons. The summed E-state index contributed by atoms with van der Waals surface area (Å²) in [5.41, 5.74) is 1.91. The Morgan fingerprint density at radius 2 is 2.31 bits per heavy atom. The first-order valence-corrected chi connectivity index (χ1v) is 6.51. The first kappa shape index (κ1) is 11.2. The molecule has 1 atom stereocenters. The summed E-state index contributed by atoms with van der Waals surface area (Å²) in [6.07, 6.45) is 5.68. The van der Waals surface area contributed by atoms with E-state index in [0.717, 1.165) is 5.92 Å². The van der Waals surface area contributed by atoms with E-state index >= 15 is 0 Å². The highest BCUT2D eigenvalue weighted by atomic mass is 79.9. The van der Waals surface area contributed by atoms with Crippen molar-refractivity contribution in [1.82, 2.24) is 4.98 Å². The van der Waals surface area contributed by atoms with Crippen LogP contribution in [0.15, 0.2) is 11.7 Å². The largest absolute Gasteiger partial charge is 0.253 e. The lowest BCUT2D eigenvalue weighted by molar-refractivity contribution is 0.563. The van der Waals surface area contributed by atoms with Crippen molar-refractivity contribution in [3.05, 3.63) is 16.6 Å². The molecule has 0 aliphatic rings. The molecule has 0 amide bonds. The van der Waals surface area contributed by atoms with E-state index < -0.39 is 0 Å². The number of halogens is 1. The van der Waals surface area contributed by atoms with Gasteiger partial charge in [0.05, 0.1) is 5.51 Å². The third kappa shape index (κ3) is 4.23. The van der Waals surface area contributed by atoms with E-state index in [-0.39, 0.29) is 0 Å². The van der Waals surface area contributed by atoms with Crippen LogP contribution < -0.4 is 0 Å². The Kier molecular flexibility index (Phi) is 4.96. The van der Waals surface area contributed by atoms with E-state index in [1.54, 1.807) is 11.3 Å². The van der Waals surface area contributed by atoms with Crippen molar-refractivity contribution >= 4 is 27.3 Å². The summed E-state index contributed by atoms with van der Waals surface area (Å²) in [6.45, 7) is 4.51. The summed E-state index contributed by atoms with van der Waals surface area (Å²) < 4.78 is 0. The fourth-order valence-corrected chi connectivity index (χ4v) is 2.13. The first-order valence-electron chi connectivity index (χ1n) is 4.71. The van der Waals surface area contributed by atoms with Crippen LogP contribution in [0.4, 0.5) is 0 Å². The van der Waals surface area contributed by atoms with E-state index in [0.29, 0.717) is 4.83 Å². The molecule has 1 rings (SSSR count). The number of nitrogens with zero attached hydrogens (tertiary/aromatic N) is 1. The van der Waals surface area contributed by atoms with E-state index in [4.69, 9.17) is 0 Å². The van der Waals surface area contributed by atoms with Gasteiger partial charge in [0.2, 0.25) is 0 Å². The molecule has 0 spiro atoms. The molecule has 0 aliphatic heterocycles. The number of alkyl halides is 1. The Morgan fingerprint density at radius 1 is 1.54 bits per heavy atom.